The van der Waals surface area contributed by atoms with Crippen molar-refractivity contribution in [3.05, 3.63) is 138 Å². The number of benzene rings is 4. The van der Waals surface area contributed by atoms with Crippen LogP contribution in [0.15, 0.2) is 115 Å². The van der Waals surface area contributed by atoms with Crippen molar-refractivity contribution in [2.45, 2.75) is 38.6 Å². The zero-order valence-electron chi connectivity index (χ0n) is 24.4. The molecular formula is C37H43N3O. The van der Waals surface area contributed by atoms with Crippen molar-refractivity contribution in [1.29, 1.82) is 0 Å². The largest absolute Gasteiger partial charge is 0.369 e. The number of rotatable bonds is 12. The number of hydrogen-bond acceptors (Lipinski definition) is 3. The van der Waals surface area contributed by atoms with Gasteiger partial charge in [0.05, 0.1) is 0 Å². The summed E-state index contributed by atoms with van der Waals surface area (Å²) >= 11 is 0. The van der Waals surface area contributed by atoms with Gasteiger partial charge < -0.3 is 9.80 Å². The molecule has 1 saturated heterocycles. The lowest BCUT2D eigenvalue weighted by Gasteiger charge is -2.37. The molecule has 0 unspecified atom stereocenters. The van der Waals surface area contributed by atoms with Crippen molar-refractivity contribution in [2.24, 2.45) is 0 Å². The van der Waals surface area contributed by atoms with Gasteiger partial charge in [0.15, 0.2) is 0 Å². The van der Waals surface area contributed by atoms with E-state index in [2.05, 4.69) is 102 Å². The maximum absolute atomic E-state index is 13.6. The molecule has 5 rings (SSSR count). The first-order valence-electron chi connectivity index (χ1n) is 15.2. The van der Waals surface area contributed by atoms with Crippen molar-refractivity contribution in [3.63, 3.8) is 0 Å². The summed E-state index contributed by atoms with van der Waals surface area (Å²) in [7, 11) is 0. The summed E-state index contributed by atoms with van der Waals surface area (Å²) in [6.07, 6.45) is 3.18. The van der Waals surface area contributed by atoms with Crippen LogP contribution >= 0.6 is 0 Å². The Kier molecular flexibility index (Phi) is 10.2. The minimum Gasteiger partial charge on any atom is -0.369 e. The number of carbonyl (C=O) groups is 1. The molecule has 41 heavy (non-hydrogen) atoms. The maximum Gasteiger partial charge on any atom is 0.254 e. The zero-order valence-corrected chi connectivity index (χ0v) is 24.4. The van der Waals surface area contributed by atoms with Crippen molar-refractivity contribution < 1.29 is 4.79 Å². The number of nitrogens with zero attached hydrogens (tertiary/aromatic N) is 3. The lowest BCUT2D eigenvalue weighted by atomic mass is 9.88. The molecule has 0 aromatic heterocycles. The van der Waals surface area contributed by atoms with Crippen LogP contribution in [0.5, 0.6) is 0 Å². The SMILES string of the molecule is CCCCN(Cc1ccccc1)C(=O)c1cccc(N2CCN(CCC(c3ccccc3)c3ccccc3)CC2)c1. The molecule has 4 heteroatoms. The molecule has 1 amide bonds. The van der Waals surface area contributed by atoms with E-state index in [1.807, 2.05) is 35.2 Å². The fraction of sp³-hybridized carbons (Fsp3) is 0.324. The molecule has 1 fully saturated rings. The third kappa shape index (κ3) is 7.86. The third-order valence-electron chi connectivity index (χ3n) is 8.25. The molecule has 0 radical (unpaired) electrons. The van der Waals surface area contributed by atoms with Crippen LogP contribution in [0.4, 0.5) is 5.69 Å². The molecule has 4 aromatic carbocycles. The Labute approximate surface area is 246 Å². The van der Waals surface area contributed by atoms with Crippen LogP contribution in [-0.2, 0) is 6.54 Å². The zero-order chi connectivity index (χ0) is 28.3. The van der Waals surface area contributed by atoms with Crippen LogP contribution in [0, 0.1) is 0 Å². The van der Waals surface area contributed by atoms with Gasteiger partial charge in [-0.2, -0.15) is 0 Å². The minimum absolute atomic E-state index is 0.121. The van der Waals surface area contributed by atoms with Gasteiger partial charge in [-0.1, -0.05) is 110 Å². The van der Waals surface area contributed by atoms with Crippen LogP contribution in [-0.4, -0.2) is 55.0 Å². The molecule has 0 atom stereocenters. The summed E-state index contributed by atoms with van der Waals surface area (Å²) in [5.41, 5.74) is 5.88. The highest BCUT2D eigenvalue weighted by Crippen LogP contribution is 2.28. The first kappa shape index (κ1) is 28.6. The number of carbonyl (C=O) groups excluding carboxylic acids is 1. The van der Waals surface area contributed by atoms with Crippen LogP contribution < -0.4 is 4.90 Å². The third-order valence-corrected chi connectivity index (χ3v) is 8.25. The van der Waals surface area contributed by atoms with Crippen LogP contribution in [0.25, 0.3) is 0 Å². The van der Waals surface area contributed by atoms with Gasteiger partial charge in [0.25, 0.3) is 5.91 Å². The van der Waals surface area contributed by atoms with Gasteiger partial charge in [-0.05, 0) is 54.3 Å². The van der Waals surface area contributed by atoms with E-state index >= 15 is 0 Å². The fourth-order valence-electron chi connectivity index (χ4n) is 5.86. The lowest BCUT2D eigenvalue weighted by molar-refractivity contribution is 0.0741. The molecule has 0 spiro atoms. The molecule has 1 heterocycles. The van der Waals surface area contributed by atoms with E-state index in [0.29, 0.717) is 12.5 Å². The molecule has 212 valence electrons. The predicted octanol–water partition coefficient (Wildman–Crippen LogP) is 7.47. The first-order valence-corrected chi connectivity index (χ1v) is 15.2. The quantitative estimate of drug-likeness (QED) is 0.185. The summed E-state index contributed by atoms with van der Waals surface area (Å²) < 4.78 is 0. The molecular weight excluding hydrogens is 502 g/mol. The second kappa shape index (κ2) is 14.7. The van der Waals surface area contributed by atoms with Crippen LogP contribution in [0.1, 0.15) is 59.2 Å². The summed E-state index contributed by atoms with van der Waals surface area (Å²) in [5, 5.41) is 0. The molecule has 4 nitrogen and oxygen atoms in total. The second-order valence-electron chi connectivity index (χ2n) is 11.1. The van der Waals surface area contributed by atoms with Crippen molar-refractivity contribution in [3.8, 4) is 0 Å². The molecule has 1 aliphatic heterocycles. The molecule has 1 aliphatic rings. The smallest absolute Gasteiger partial charge is 0.254 e. The second-order valence-corrected chi connectivity index (χ2v) is 11.1. The number of hydrogen-bond donors (Lipinski definition) is 0. The van der Waals surface area contributed by atoms with Crippen molar-refractivity contribution in [2.75, 3.05) is 44.2 Å². The van der Waals surface area contributed by atoms with Gasteiger partial charge in [-0.15, -0.1) is 0 Å². The number of amides is 1. The van der Waals surface area contributed by atoms with Gasteiger partial charge >= 0.3 is 0 Å². The molecule has 4 aromatic rings. The Balaban J connectivity index is 1.19. The molecule has 0 bridgehead atoms. The summed E-state index contributed by atoms with van der Waals surface area (Å²) in [6.45, 7) is 8.69. The molecule has 0 aliphatic carbocycles. The minimum atomic E-state index is 0.121. The monoisotopic (exact) mass is 545 g/mol. The predicted molar refractivity (Wildman–Crippen MR) is 171 cm³/mol. The fourth-order valence-corrected chi connectivity index (χ4v) is 5.86. The number of piperazine rings is 1. The normalized spacial score (nSPS) is 13.9. The van der Waals surface area contributed by atoms with E-state index in [1.54, 1.807) is 0 Å². The van der Waals surface area contributed by atoms with Gasteiger partial charge in [0.1, 0.15) is 0 Å². The lowest BCUT2D eigenvalue weighted by Crippen LogP contribution is -2.46. The van der Waals surface area contributed by atoms with Crippen LogP contribution in [0.2, 0.25) is 0 Å². The Morgan fingerprint density at radius 2 is 1.37 bits per heavy atom. The summed E-state index contributed by atoms with van der Waals surface area (Å²) in [4.78, 5) is 20.7. The van der Waals surface area contributed by atoms with Gasteiger partial charge in [-0.3, -0.25) is 9.69 Å². The first-order chi connectivity index (χ1) is 20.2. The van der Waals surface area contributed by atoms with E-state index in [0.717, 1.165) is 69.8 Å². The maximum atomic E-state index is 13.6. The average Bonchev–Trinajstić information content (AvgIpc) is 3.05. The van der Waals surface area contributed by atoms with Crippen molar-refractivity contribution in [1.82, 2.24) is 9.80 Å². The van der Waals surface area contributed by atoms with E-state index in [4.69, 9.17) is 0 Å². The standard InChI is InChI=1S/C37H43N3O/c1-2-3-23-40(30-31-14-7-4-8-15-31)37(41)34-20-13-21-35(29-34)39-27-25-38(26-28-39)24-22-36(32-16-9-5-10-17-32)33-18-11-6-12-19-33/h4-21,29,36H,2-3,22-28,30H2,1H3. The molecule has 0 saturated carbocycles. The van der Waals surface area contributed by atoms with E-state index < -0.39 is 0 Å². The van der Waals surface area contributed by atoms with Gasteiger partial charge in [0.2, 0.25) is 0 Å². The Bertz CT molecular complexity index is 1300. The number of unbranched alkanes of at least 4 members (excludes halogenated alkanes) is 1. The molecule has 0 N–H and O–H groups in total. The van der Waals surface area contributed by atoms with Gasteiger partial charge in [0, 0.05) is 56.4 Å². The highest BCUT2D eigenvalue weighted by Gasteiger charge is 2.22. The van der Waals surface area contributed by atoms with Crippen molar-refractivity contribution >= 4 is 11.6 Å². The Morgan fingerprint density at radius 3 is 1.98 bits per heavy atom. The van der Waals surface area contributed by atoms with Gasteiger partial charge in [-0.25, -0.2) is 0 Å². The van der Waals surface area contributed by atoms with E-state index in [1.165, 1.54) is 16.7 Å². The highest BCUT2D eigenvalue weighted by molar-refractivity contribution is 5.95. The summed E-state index contributed by atoms with van der Waals surface area (Å²) in [6, 6.07) is 40.4. The highest BCUT2D eigenvalue weighted by atomic mass is 16.2. The van der Waals surface area contributed by atoms with E-state index in [-0.39, 0.29) is 5.91 Å². The summed E-state index contributed by atoms with van der Waals surface area (Å²) in [5.74, 6) is 0.528. The Morgan fingerprint density at radius 1 is 0.756 bits per heavy atom. The topological polar surface area (TPSA) is 26.8 Å². The van der Waals surface area contributed by atoms with Crippen LogP contribution in [0.3, 0.4) is 0 Å². The van der Waals surface area contributed by atoms with E-state index in [9.17, 15) is 4.79 Å². The average molecular weight is 546 g/mol. The number of anilines is 1. The Hall–Kier alpha value is -3.89.